The first-order valence-electron chi connectivity index (χ1n) is 6.58. The second-order valence-electron chi connectivity index (χ2n) is 5.17. The van der Waals surface area contributed by atoms with Crippen LogP contribution in [0.5, 0.6) is 0 Å². The van der Waals surface area contributed by atoms with Crippen LogP contribution in [0.2, 0.25) is 0 Å². The van der Waals surface area contributed by atoms with Gasteiger partial charge in [-0.2, -0.15) is 0 Å². The van der Waals surface area contributed by atoms with Gasteiger partial charge < -0.3 is 4.90 Å². The van der Waals surface area contributed by atoms with Gasteiger partial charge in [0.1, 0.15) is 11.6 Å². The molecule has 1 saturated heterocycles. The van der Waals surface area contributed by atoms with E-state index in [1.807, 2.05) is 0 Å². The molecule has 0 radical (unpaired) electrons. The van der Waals surface area contributed by atoms with Gasteiger partial charge in [0.05, 0.1) is 5.56 Å². The summed E-state index contributed by atoms with van der Waals surface area (Å²) in [5.74, 6) is -1.78. The average Bonchev–Trinajstić information content (AvgIpc) is 2.42. The van der Waals surface area contributed by atoms with E-state index in [1.165, 1.54) is 6.07 Å². The summed E-state index contributed by atoms with van der Waals surface area (Å²) in [4.78, 5) is 16.2. The second-order valence-corrected chi connectivity index (χ2v) is 6.33. The molecule has 1 aromatic carbocycles. The number of rotatable bonds is 2. The molecule has 0 aliphatic carbocycles. The van der Waals surface area contributed by atoms with Crippen molar-refractivity contribution < 1.29 is 13.6 Å². The highest BCUT2D eigenvalue weighted by Crippen LogP contribution is 2.19. The molecule has 0 aromatic heterocycles. The fraction of sp³-hybridized carbons (Fsp3) is 0.500. The molecule has 2 rings (SSSR count). The van der Waals surface area contributed by atoms with Gasteiger partial charge in [0.15, 0.2) is 0 Å². The summed E-state index contributed by atoms with van der Waals surface area (Å²) in [6.45, 7) is 6.93. The number of hydrogen-bond donors (Lipinski definition) is 0. The number of benzene rings is 1. The van der Waals surface area contributed by atoms with E-state index in [1.54, 1.807) is 27.5 Å². The minimum atomic E-state index is -0.792. The predicted octanol–water partition coefficient (Wildman–Crippen LogP) is 2.74. The molecule has 20 heavy (non-hydrogen) atoms. The van der Waals surface area contributed by atoms with Gasteiger partial charge in [0.2, 0.25) is 0 Å². The summed E-state index contributed by atoms with van der Waals surface area (Å²) in [6.07, 6.45) is 0. The zero-order chi connectivity index (χ0) is 14.9. The molecule has 1 heterocycles. The van der Waals surface area contributed by atoms with Crippen LogP contribution >= 0.6 is 22.6 Å². The Morgan fingerprint density at radius 3 is 2.30 bits per heavy atom. The lowest BCUT2D eigenvalue weighted by atomic mass is 10.1. The van der Waals surface area contributed by atoms with Crippen LogP contribution in [-0.2, 0) is 0 Å². The predicted molar refractivity (Wildman–Crippen MR) is 81.7 cm³/mol. The minimum Gasteiger partial charge on any atom is -0.336 e. The lowest BCUT2D eigenvalue weighted by molar-refractivity contribution is 0.0591. The summed E-state index contributed by atoms with van der Waals surface area (Å²) in [5, 5.41) is 0. The number of carbonyl (C=O) groups excluding carboxylic acids is 1. The van der Waals surface area contributed by atoms with E-state index in [0.29, 0.717) is 19.1 Å². The molecule has 0 atom stereocenters. The molecular formula is C14H17F2IN2O. The van der Waals surface area contributed by atoms with Gasteiger partial charge in [0.25, 0.3) is 5.91 Å². The molecule has 1 amide bonds. The lowest BCUT2D eigenvalue weighted by Gasteiger charge is -2.37. The van der Waals surface area contributed by atoms with Crippen molar-refractivity contribution in [1.29, 1.82) is 0 Å². The fourth-order valence-corrected chi connectivity index (χ4v) is 2.77. The van der Waals surface area contributed by atoms with E-state index in [4.69, 9.17) is 0 Å². The van der Waals surface area contributed by atoms with Crippen LogP contribution in [-0.4, -0.2) is 47.9 Å². The Morgan fingerprint density at radius 1 is 1.15 bits per heavy atom. The molecular weight excluding hydrogens is 377 g/mol. The monoisotopic (exact) mass is 394 g/mol. The fourth-order valence-electron chi connectivity index (χ4n) is 2.30. The van der Waals surface area contributed by atoms with Crippen LogP contribution in [0.25, 0.3) is 0 Å². The second kappa shape index (κ2) is 6.34. The Hall–Kier alpha value is -0.760. The van der Waals surface area contributed by atoms with Crippen molar-refractivity contribution in [3.63, 3.8) is 0 Å². The van der Waals surface area contributed by atoms with Crippen LogP contribution < -0.4 is 0 Å². The maximum Gasteiger partial charge on any atom is 0.256 e. The highest BCUT2D eigenvalue weighted by Gasteiger charge is 2.25. The third-order valence-corrected chi connectivity index (χ3v) is 4.40. The third-order valence-electron chi connectivity index (χ3n) is 3.57. The van der Waals surface area contributed by atoms with Crippen molar-refractivity contribution in [1.82, 2.24) is 9.80 Å². The highest BCUT2D eigenvalue weighted by atomic mass is 127. The van der Waals surface area contributed by atoms with Crippen molar-refractivity contribution in [2.75, 3.05) is 26.2 Å². The molecule has 0 N–H and O–H groups in total. The smallest absolute Gasteiger partial charge is 0.256 e. The zero-order valence-electron chi connectivity index (χ0n) is 11.5. The van der Waals surface area contributed by atoms with Crippen molar-refractivity contribution in [2.24, 2.45) is 0 Å². The first-order valence-corrected chi connectivity index (χ1v) is 7.66. The molecule has 1 aliphatic heterocycles. The largest absolute Gasteiger partial charge is 0.336 e. The standard InChI is InChI=1S/C14H17F2IN2O/c1-9(2)18-3-5-19(6-4-18)14(20)10-7-13(17)12(16)8-11(10)15/h7-9H,3-6H2,1-2H3. The van der Waals surface area contributed by atoms with Gasteiger partial charge in [-0.3, -0.25) is 9.69 Å². The summed E-state index contributed by atoms with van der Waals surface area (Å²) in [6, 6.07) is 2.50. The third kappa shape index (κ3) is 3.28. The Bertz CT molecular complexity index is 514. The van der Waals surface area contributed by atoms with Gasteiger partial charge in [-0.05, 0) is 42.5 Å². The molecule has 1 fully saturated rings. The van der Waals surface area contributed by atoms with Crippen LogP contribution in [0.4, 0.5) is 8.78 Å². The van der Waals surface area contributed by atoms with Crippen LogP contribution in [0, 0.1) is 15.2 Å². The molecule has 0 saturated carbocycles. The Kier molecular flexibility index (Phi) is 4.95. The molecule has 6 heteroatoms. The summed E-state index contributed by atoms with van der Waals surface area (Å²) >= 11 is 1.76. The molecule has 1 aliphatic rings. The number of amides is 1. The van der Waals surface area contributed by atoms with E-state index < -0.39 is 11.6 Å². The average molecular weight is 394 g/mol. The first kappa shape index (κ1) is 15.6. The van der Waals surface area contributed by atoms with Gasteiger partial charge in [-0.1, -0.05) is 0 Å². The number of nitrogens with zero attached hydrogens (tertiary/aromatic N) is 2. The number of halogens is 3. The molecule has 0 bridgehead atoms. The Morgan fingerprint density at radius 2 is 1.75 bits per heavy atom. The van der Waals surface area contributed by atoms with E-state index in [2.05, 4.69) is 18.7 Å². The minimum absolute atomic E-state index is 0.0474. The quantitative estimate of drug-likeness (QED) is 0.569. The topological polar surface area (TPSA) is 23.6 Å². The van der Waals surface area contributed by atoms with E-state index in [-0.39, 0.29) is 15.0 Å². The van der Waals surface area contributed by atoms with Crippen LogP contribution in [0.3, 0.4) is 0 Å². The van der Waals surface area contributed by atoms with Crippen molar-refractivity contribution in [3.05, 3.63) is 32.9 Å². The van der Waals surface area contributed by atoms with Gasteiger partial charge in [-0.25, -0.2) is 8.78 Å². The molecule has 0 unspecified atom stereocenters. The SMILES string of the molecule is CC(C)N1CCN(C(=O)c2cc(I)c(F)cc2F)CC1. The lowest BCUT2D eigenvalue weighted by Crippen LogP contribution is -2.50. The molecule has 1 aromatic rings. The maximum absolute atomic E-state index is 13.7. The number of hydrogen-bond acceptors (Lipinski definition) is 2. The Labute approximate surface area is 131 Å². The number of piperazine rings is 1. The van der Waals surface area contributed by atoms with Gasteiger partial charge in [-0.15, -0.1) is 0 Å². The molecule has 3 nitrogen and oxygen atoms in total. The zero-order valence-corrected chi connectivity index (χ0v) is 13.7. The van der Waals surface area contributed by atoms with Crippen molar-refractivity contribution in [3.8, 4) is 0 Å². The van der Waals surface area contributed by atoms with E-state index in [0.717, 1.165) is 19.2 Å². The Balaban J connectivity index is 2.11. The normalized spacial score (nSPS) is 16.8. The number of carbonyl (C=O) groups is 1. The first-order chi connectivity index (χ1) is 9.40. The maximum atomic E-state index is 13.7. The summed E-state index contributed by atoms with van der Waals surface area (Å²) in [7, 11) is 0. The van der Waals surface area contributed by atoms with Crippen LogP contribution in [0.1, 0.15) is 24.2 Å². The van der Waals surface area contributed by atoms with E-state index >= 15 is 0 Å². The molecule has 110 valence electrons. The summed E-state index contributed by atoms with van der Waals surface area (Å²) in [5.41, 5.74) is -0.0474. The van der Waals surface area contributed by atoms with Crippen LogP contribution in [0.15, 0.2) is 12.1 Å². The molecule has 0 spiro atoms. The van der Waals surface area contributed by atoms with Crippen molar-refractivity contribution >= 4 is 28.5 Å². The summed E-state index contributed by atoms with van der Waals surface area (Å²) < 4.78 is 27.2. The highest BCUT2D eigenvalue weighted by molar-refractivity contribution is 14.1. The van der Waals surface area contributed by atoms with E-state index in [9.17, 15) is 13.6 Å². The van der Waals surface area contributed by atoms with Gasteiger partial charge in [0, 0.05) is 41.9 Å². The van der Waals surface area contributed by atoms with Gasteiger partial charge >= 0.3 is 0 Å². The van der Waals surface area contributed by atoms with Crippen molar-refractivity contribution in [2.45, 2.75) is 19.9 Å².